The number of rotatable bonds is 5. The average Bonchev–Trinajstić information content (AvgIpc) is 3.35. The molecule has 0 radical (unpaired) electrons. The molecular formula is C23H20N6O2S2. The fraction of sp³-hybridized carbons (Fsp3) is 0.174. The first-order valence-corrected chi connectivity index (χ1v) is 12.0. The van der Waals surface area contributed by atoms with Crippen molar-refractivity contribution in [1.29, 1.82) is 0 Å². The number of fused-ring (bicyclic) bond motifs is 2. The molecule has 1 aromatic carbocycles. The summed E-state index contributed by atoms with van der Waals surface area (Å²) in [5, 5.41) is 12.5. The Balaban J connectivity index is 1.42. The molecule has 0 aliphatic carbocycles. The van der Waals surface area contributed by atoms with Crippen molar-refractivity contribution in [2.75, 3.05) is 5.32 Å². The van der Waals surface area contributed by atoms with Crippen molar-refractivity contribution in [3.8, 4) is 0 Å². The van der Waals surface area contributed by atoms with E-state index in [1.165, 1.54) is 23.1 Å². The summed E-state index contributed by atoms with van der Waals surface area (Å²) in [6.45, 7) is 5.74. The normalized spacial score (nSPS) is 11.4. The summed E-state index contributed by atoms with van der Waals surface area (Å²) < 4.78 is 1.88. The van der Waals surface area contributed by atoms with Crippen molar-refractivity contribution in [1.82, 2.24) is 24.6 Å². The molecule has 0 atom stereocenters. The van der Waals surface area contributed by atoms with E-state index in [0.717, 1.165) is 22.5 Å². The number of hydrogen-bond acceptors (Lipinski definition) is 7. The zero-order valence-corrected chi connectivity index (χ0v) is 19.8. The highest BCUT2D eigenvalue weighted by Gasteiger charge is 2.20. The Kier molecular flexibility index (Phi) is 5.47. The number of aromatic nitrogens is 5. The fourth-order valence-corrected chi connectivity index (χ4v) is 5.55. The van der Waals surface area contributed by atoms with E-state index in [-0.39, 0.29) is 11.5 Å². The van der Waals surface area contributed by atoms with Crippen LogP contribution in [0, 0.1) is 20.8 Å². The molecule has 0 fully saturated rings. The molecule has 0 unspecified atom stereocenters. The number of aromatic amines is 1. The summed E-state index contributed by atoms with van der Waals surface area (Å²) >= 11 is 2.66. The van der Waals surface area contributed by atoms with Crippen molar-refractivity contribution >= 4 is 50.6 Å². The van der Waals surface area contributed by atoms with Gasteiger partial charge in [-0.25, -0.2) is 4.98 Å². The lowest BCUT2D eigenvalue weighted by Crippen LogP contribution is -2.13. The molecule has 0 aliphatic heterocycles. The standard InChI is InChI=1S/C23H20N6O2S2/c1-12-7-8-15(13(2)10-12)24-21(31)19-14(3)18-20(30)25-16(26-22(18)33-19)11-32-23-28-27-17-6-4-5-9-29(17)23/h4-10H,11H2,1-3H3,(H,24,31)(H,25,26,30). The lowest BCUT2D eigenvalue weighted by Gasteiger charge is -2.08. The second-order valence-electron chi connectivity index (χ2n) is 7.72. The van der Waals surface area contributed by atoms with Crippen LogP contribution in [-0.2, 0) is 5.75 Å². The zero-order chi connectivity index (χ0) is 23.1. The van der Waals surface area contributed by atoms with E-state index in [2.05, 4.69) is 25.5 Å². The molecule has 8 nitrogen and oxygen atoms in total. The number of amides is 1. The van der Waals surface area contributed by atoms with Gasteiger partial charge in [-0.2, -0.15) is 0 Å². The van der Waals surface area contributed by atoms with E-state index in [4.69, 9.17) is 0 Å². The first-order valence-electron chi connectivity index (χ1n) is 10.2. The highest BCUT2D eigenvalue weighted by Crippen LogP contribution is 2.29. The molecule has 4 heterocycles. The molecule has 166 valence electrons. The fourth-order valence-electron chi connectivity index (χ4n) is 3.66. The van der Waals surface area contributed by atoms with Gasteiger partial charge in [0.1, 0.15) is 10.7 Å². The second-order valence-corrected chi connectivity index (χ2v) is 9.66. The number of carbonyl (C=O) groups is 1. The summed E-state index contributed by atoms with van der Waals surface area (Å²) in [5.41, 5.74) is 4.00. The van der Waals surface area contributed by atoms with Crippen molar-refractivity contribution in [2.45, 2.75) is 31.7 Å². The average molecular weight is 477 g/mol. The van der Waals surface area contributed by atoms with Crippen molar-refractivity contribution in [2.24, 2.45) is 0 Å². The second kappa shape index (κ2) is 8.45. The summed E-state index contributed by atoms with van der Waals surface area (Å²) in [6, 6.07) is 11.5. The predicted molar refractivity (Wildman–Crippen MR) is 131 cm³/mol. The van der Waals surface area contributed by atoms with Gasteiger partial charge in [-0.1, -0.05) is 35.5 Å². The van der Waals surface area contributed by atoms with E-state index in [1.54, 1.807) is 6.92 Å². The first-order chi connectivity index (χ1) is 15.9. The van der Waals surface area contributed by atoms with E-state index in [0.29, 0.717) is 37.4 Å². The van der Waals surface area contributed by atoms with Crippen LogP contribution < -0.4 is 10.9 Å². The van der Waals surface area contributed by atoms with Gasteiger partial charge < -0.3 is 10.3 Å². The Morgan fingerprint density at radius 3 is 2.85 bits per heavy atom. The van der Waals surface area contributed by atoms with Gasteiger partial charge in [0.15, 0.2) is 10.8 Å². The highest BCUT2D eigenvalue weighted by atomic mass is 32.2. The number of carbonyl (C=O) groups excluding carboxylic acids is 1. The molecular weight excluding hydrogens is 456 g/mol. The van der Waals surface area contributed by atoms with Gasteiger partial charge in [-0.05, 0) is 50.1 Å². The van der Waals surface area contributed by atoms with Crippen molar-refractivity contribution in [3.63, 3.8) is 0 Å². The molecule has 33 heavy (non-hydrogen) atoms. The molecule has 1 amide bonds. The van der Waals surface area contributed by atoms with Crippen molar-refractivity contribution < 1.29 is 4.79 Å². The van der Waals surface area contributed by atoms with Crippen LogP contribution in [0.4, 0.5) is 5.69 Å². The maximum absolute atomic E-state index is 13.0. The Morgan fingerprint density at radius 1 is 1.18 bits per heavy atom. The predicted octanol–water partition coefficient (Wildman–Crippen LogP) is 4.50. The number of benzene rings is 1. The third kappa shape index (κ3) is 4.03. The van der Waals surface area contributed by atoms with Gasteiger partial charge in [-0.15, -0.1) is 21.5 Å². The van der Waals surface area contributed by atoms with Crippen LogP contribution in [-0.4, -0.2) is 30.5 Å². The topological polar surface area (TPSA) is 105 Å². The number of aryl methyl sites for hydroxylation is 3. The van der Waals surface area contributed by atoms with Gasteiger partial charge in [0.25, 0.3) is 11.5 Å². The van der Waals surface area contributed by atoms with Gasteiger partial charge in [0.2, 0.25) is 0 Å². The number of pyridine rings is 1. The van der Waals surface area contributed by atoms with Gasteiger partial charge in [0, 0.05) is 11.9 Å². The summed E-state index contributed by atoms with van der Waals surface area (Å²) in [4.78, 5) is 34.3. The van der Waals surface area contributed by atoms with Crippen LogP contribution in [0.1, 0.15) is 32.2 Å². The molecule has 10 heteroatoms. The molecule has 5 rings (SSSR count). The SMILES string of the molecule is Cc1ccc(NC(=O)c2sc3nc(CSc4nnc5ccccn45)[nH]c(=O)c3c2C)c(C)c1. The Labute approximate surface area is 197 Å². The molecule has 5 aromatic rings. The summed E-state index contributed by atoms with van der Waals surface area (Å²) in [5.74, 6) is 0.697. The molecule has 0 saturated carbocycles. The minimum atomic E-state index is -0.249. The molecule has 2 N–H and O–H groups in total. The number of nitrogens with one attached hydrogen (secondary N) is 2. The Hall–Kier alpha value is -3.50. The summed E-state index contributed by atoms with van der Waals surface area (Å²) in [6.07, 6.45) is 1.89. The number of anilines is 1. The molecule has 0 saturated heterocycles. The van der Waals surface area contributed by atoms with Gasteiger partial charge in [0.05, 0.1) is 16.0 Å². The number of nitrogens with zero attached hydrogens (tertiary/aromatic N) is 4. The van der Waals surface area contributed by atoms with E-state index < -0.39 is 0 Å². The molecule has 0 spiro atoms. The van der Waals surface area contributed by atoms with Crippen molar-refractivity contribution in [3.05, 3.63) is 80.3 Å². The smallest absolute Gasteiger partial charge is 0.266 e. The third-order valence-electron chi connectivity index (χ3n) is 5.31. The summed E-state index contributed by atoms with van der Waals surface area (Å²) in [7, 11) is 0. The Bertz CT molecular complexity index is 1580. The third-order valence-corrected chi connectivity index (χ3v) is 7.45. The van der Waals surface area contributed by atoms with Crippen LogP contribution in [0.25, 0.3) is 15.9 Å². The zero-order valence-electron chi connectivity index (χ0n) is 18.2. The molecule has 4 aromatic heterocycles. The lowest BCUT2D eigenvalue weighted by molar-refractivity contribution is 0.103. The van der Waals surface area contributed by atoms with Crippen LogP contribution in [0.2, 0.25) is 0 Å². The first kappa shape index (κ1) is 21.4. The van der Waals surface area contributed by atoms with E-state index >= 15 is 0 Å². The van der Waals surface area contributed by atoms with Gasteiger partial charge in [-0.3, -0.25) is 14.0 Å². The van der Waals surface area contributed by atoms with Crippen LogP contribution in [0.5, 0.6) is 0 Å². The monoisotopic (exact) mass is 476 g/mol. The van der Waals surface area contributed by atoms with E-state index in [1.807, 2.05) is 60.8 Å². The molecule has 0 aliphatic rings. The number of thiophene rings is 1. The lowest BCUT2D eigenvalue weighted by atomic mass is 10.1. The number of hydrogen-bond donors (Lipinski definition) is 2. The minimum absolute atomic E-state index is 0.243. The quantitative estimate of drug-likeness (QED) is 0.362. The highest BCUT2D eigenvalue weighted by molar-refractivity contribution is 7.98. The maximum Gasteiger partial charge on any atom is 0.266 e. The van der Waals surface area contributed by atoms with Crippen LogP contribution >= 0.6 is 23.1 Å². The van der Waals surface area contributed by atoms with Crippen LogP contribution in [0.3, 0.4) is 0 Å². The van der Waals surface area contributed by atoms with Gasteiger partial charge >= 0.3 is 0 Å². The number of thioether (sulfide) groups is 1. The Morgan fingerprint density at radius 2 is 2.03 bits per heavy atom. The number of H-pyrrole nitrogens is 1. The maximum atomic E-state index is 13.0. The van der Waals surface area contributed by atoms with E-state index in [9.17, 15) is 9.59 Å². The van der Waals surface area contributed by atoms with Crippen LogP contribution in [0.15, 0.2) is 52.5 Å². The largest absolute Gasteiger partial charge is 0.321 e. The minimum Gasteiger partial charge on any atom is -0.321 e. The molecule has 0 bridgehead atoms.